The molecule has 1 atom stereocenters. The second kappa shape index (κ2) is 5.65. The lowest BCUT2D eigenvalue weighted by molar-refractivity contribution is -0.127. The Morgan fingerprint density at radius 2 is 1.88 bits per heavy atom. The molecule has 0 radical (unpaired) electrons. The normalized spacial score (nSPS) is 14.7. The summed E-state index contributed by atoms with van der Waals surface area (Å²) in [4.78, 5) is 12.4. The smallest absolute Gasteiger partial charge is 0.145 e. The number of benzene rings is 1. The molecule has 0 bridgehead atoms. The van der Waals surface area contributed by atoms with Crippen LogP contribution in [0.15, 0.2) is 24.3 Å². The summed E-state index contributed by atoms with van der Waals surface area (Å²) in [6.45, 7) is 6.31. The maximum atomic E-state index is 12.4. The van der Waals surface area contributed by atoms with E-state index in [-0.39, 0.29) is 11.7 Å². The van der Waals surface area contributed by atoms with E-state index in [0.29, 0.717) is 18.0 Å². The van der Waals surface area contributed by atoms with E-state index in [0.717, 1.165) is 5.56 Å². The number of hydrogen-bond donors (Lipinski definition) is 1. The first-order valence-electron chi connectivity index (χ1n) is 5.92. The zero-order valence-corrected chi connectivity index (χ0v) is 11.4. The van der Waals surface area contributed by atoms with Crippen molar-refractivity contribution < 1.29 is 4.79 Å². The van der Waals surface area contributed by atoms with Gasteiger partial charge in [0, 0.05) is 10.9 Å². The first-order chi connectivity index (χ1) is 7.91. The van der Waals surface area contributed by atoms with Gasteiger partial charge in [-0.05, 0) is 37.6 Å². The molecule has 0 saturated carbocycles. The summed E-state index contributed by atoms with van der Waals surface area (Å²) >= 11 is 5.87. The number of halogens is 1. The van der Waals surface area contributed by atoms with Crippen LogP contribution >= 0.6 is 11.6 Å². The predicted octanol–water partition coefficient (Wildman–Crippen LogP) is 3.17. The maximum Gasteiger partial charge on any atom is 0.145 e. The maximum absolute atomic E-state index is 12.4. The average Bonchev–Trinajstić information content (AvgIpc) is 2.28. The summed E-state index contributed by atoms with van der Waals surface area (Å²) in [7, 11) is 0. The number of hydrogen-bond acceptors (Lipinski definition) is 2. The van der Waals surface area contributed by atoms with Gasteiger partial charge in [-0.3, -0.25) is 4.79 Å². The molecule has 0 spiro atoms. The van der Waals surface area contributed by atoms with Crippen LogP contribution in [0.1, 0.15) is 32.8 Å². The predicted molar refractivity (Wildman–Crippen MR) is 72.3 cm³/mol. The molecule has 0 aliphatic heterocycles. The molecular formula is C14H20ClNO. The van der Waals surface area contributed by atoms with Gasteiger partial charge in [0.05, 0.1) is 5.41 Å². The highest BCUT2D eigenvalue weighted by molar-refractivity contribution is 6.30. The van der Waals surface area contributed by atoms with Gasteiger partial charge in [0.2, 0.25) is 0 Å². The molecular weight excluding hydrogens is 234 g/mol. The van der Waals surface area contributed by atoms with Crippen LogP contribution in [0.2, 0.25) is 5.02 Å². The van der Waals surface area contributed by atoms with Gasteiger partial charge in [0.25, 0.3) is 0 Å². The Balaban J connectivity index is 3.15. The molecule has 0 amide bonds. The number of Topliss-reactive ketones (excluding diaryl/α,β-unsaturated/α-hetero) is 1. The van der Waals surface area contributed by atoms with Crippen LogP contribution < -0.4 is 5.73 Å². The zero-order valence-electron chi connectivity index (χ0n) is 10.7. The fourth-order valence-electron chi connectivity index (χ4n) is 2.15. The van der Waals surface area contributed by atoms with Crippen molar-refractivity contribution >= 4 is 17.4 Å². The first-order valence-corrected chi connectivity index (χ1v) is 6.30. The highest BCUT2D eigenvalue weighted by Crippen LogP contribution is 2.31. The summed E-state index contributed by atoms with van der Waals surface area (Å²) < 4.78 is 0. The molecule has 17 heavy (non-hydrogen) atoms. The molecule has 0 aliphatic rings. The molecule has 0 aliphatic carbocycles. The van der Waals surface area contributed by atoms with Crippen molar-refractivity contribution in [3.05, 3.63) is 34.9 Å². The minimum absolute atomic E-state index is 0.00206. The van der Waals surface area contributed by atoms with Gasteiger partial charge < -0.3 is 5.73 Å². The standard InChI is InChI=1S/C14H20ClNO/c1-10(2)13(17)14(3,8-9-16)11-4-6-12(15)7-5-11/h4-7,10H,8-9,16H2,1-3H3. The summed E-state index contributed by atoms with van der Waals surface area (Å²) in [5.74, 6) is 0.229. The van der Waals surface area contributed by atoms with Crippen molar-refractivity contribution in [2.24, 2.45) is 11.7 Å². The van der Waals surface area contributed by atoms with Crippen LogP contribution in [-0.4, -0.2) is 12.3 Å². The van der Waals surface area contributed by atoms with E-state index in [1.54, 1.807) is 0 Å². The molecule has 1 aromatic rings. The highest BCUT2D eigenvalue weighted by atomic mass is 35.5. The number of carbonyl (C=O) groups is 1. The van der Waals surface area contributed by atoms with Crippen molar-refractivity contribution in [1.29, 1.82) is 0 Å². The van der Waals surface area contributed by atoms with Crippen molar-refractivity contribution in [2.75, 3.05) is 6.54 Å². The Morgan fingerprint density at radius 3 is 2.29 bits per heavy atom. The molecule has 1 aromatic carbocycles. The Bertz CT molecular complexity index is 386. The molecule has 94 valence electrons. The second-order valence-corrected chi connectivity index (χ2v) is 5.33. The molecule has 0 heterocycles. The number of rotatable bonds is 5. The molecule has 3 heteroatoms. The number of ketones is 1. The number of carbonyl (C=O) groups excluding carboxylic acids is 1. The molecule has 0 fully saturated rings. The molecule has 1 unspecified atom stereocenters. The summed E-state index contributed by atoms with van der Waals surface area (Å²) in [5.41, 5.74) is 6.13. The Labute approximate surface area is 108 Å². The minimum atomic E-state index is -0.506. The highest BCUT2D eigenvalue weighted by Gasteiger charge is 2.35. The molecule has 2 N–H and O–H groups in total. The summed E-state index contributed by atoms with van der Waals surface area (Å²) in [6.07, 6.45) is 0.658. The van der Waals surface area contributed by atoms with E-state index < -0.39 is 5.41 Å². The van der Waals surface area contributed by atoms with Crippen LogP contribution in [0.25, 0.3) is 0 Å². The van der Waals surface area contributed by atoms with Gasteiger partial charge >= 0.3 is 0 Å². The molecule has 2 nitrogen and oxygen atoms in total. The third-order valence-corrected chi connectivity index (χ3v) is 3.45. The van der Waals surface area contributed by atoms with Gasteiger partial charge in [-0.25, -0.2) is 0 Å². The van der Waals surface area contributed by atoms with E-state index >= 15 is 0 Å². The van der Waals surface area contributed by atoms with Gasteiger partial charge in [0.15, 0.2) is 0 Å². The van der Waals surface area contributed by atoms with E-state index in [9.17, 15) is 4.79 Å². The lowest BCUT2D eigenvalue weighted by Crippen LogP contribution is -2.37. The van der Waals surface area contributed by atoms with Crippen molar-refractivity contribution in [2.45, 2.75) is 32.6 Å². The van der Waals surface area contributed by atoms with Crippen molar-refractivity contribution in [1.82, 2.24) is 0 Å². The lowest BCUT2D eigenvalue weighted by atomic mass is 9.72. The topological polar surface area (TPSA) is 43.1 Å². The van der Waals surface area contributed by atoms with Crippen LogP contribution in [-0.2, 0) is 10.2 Å². The fraction of sp³-hybridized carbons (Fsp3) is 0.500. The first kappa shape index (κ1) is 14.2. The van der Waals surface area contributed by atoms with Crippen LogP contribution in [0.3, 0.4) is 0 Å². The Morgan fingerprint density at radius 1 is 1.35 bits per heavy atom. The summed E-state index contributed by atoms with van der Waals surface area (Å²) in [5, 5.41) is 0.681. The largest absolute Gasteiger partial charge is 0.330 e. The zero-order chi connectivity index (χ0) is 13.1. The van der Waals surface area contributed by atoms with Gasteiger partial charge in [-0.1, -0.05) is 37.6 Å². The van der Waals surface area contributed by atoms with Crippen molar-refractivity contribution in [3.63, 3.8) is 0 Å². The Hall–Kier alpha value is -0.860. The quantitative estimate of drug-likeness (QED) is 0.876. The van der Waals surface area contributed by atoms with Gasteiger partial charge in [-0.2, -0.15) is 0 Å². The van der Waals surface area contributed by atoms with E-state index in [1.165, 1.54) is 0 Å². The molecule has 0 aromatic heterocycles. The molecule has 1 rings (SSSR count). The average molecular weight is 254 g/mol. The minimum Gasteiger partial charge on any atom is -0.330 e. The second-order valence-electron chi connectivity index (χ2n) is 4.90. The number of nitrogens with two attached hydrogens (primary N) is 1. The van der Waals surface area contributed by atoms with E-state index in [2.05, 4.69) is 0 Å². The van der Waals surface area contributed by atoms with Gasteiger partial charge in [-0.15, -0.1) is 0 Å². The summed E-state index contributed by atoms with van der Waals surface area (Å²) in [6, 6.07) is 7.47. The lowest BCUT2D eigenvalue weighted by Gasteiger charge is -2.30. The third kappa shape index (κ3) is 3.08. The SMILES string of the molecule is CC(C)C(=O)C(C)(CCN)c1ccc(Cl)cc1. The van der Waals surface area contributed by atoms with Crippen LogP contribution in [0, 0.1) is 5.92 Å². The van der Waals surface area contributed by atoms with Crippen LogP contribution in [0.5, 0.6) is 0 Å². The van der Waals surface area contributed by atoms with Gasteiger partial charge in [0.1, 0.15) is 5.78 Å². The van der Waals surface area contributed by atoms with E-state index in [1.807, 2.05) is 45.0 Å². The van der Waals surface area contributed by atoms with Crippen LogP contribution in [0.4, 0.5) is 0 Å². The monoisotopic (exact) mass is 253 g/mol. The van der Waals surface area contributed by atoms with E-state index in [4.69, 9.17) is 17.3 Å². The third-order valence-electron chi connectivity index (χ3n) is 3.19. The fourth-order valence-corrected chi connectivity index (χ4v) is 2.28. The Kier molecular flexibility index (Phi) is 4.72. The van der Waals surface area contributed by atoms with Crippen molar-refractivity contribution in [3.8, 4) is 0 Å². The molecule has 0 saturated heterocycles.